The molecule has 0 aliphatic heterocycles. The molecule has 1 fully saturated rings. The van der Waals surface area contributed by atoms with Gasteiger partial charge in [0.25, 0.3) is 5.56 Å². The quantitative estimate of drug-likeness (QED) is 0.353. The molecule has 0 bridgehead atoms. The van der Waals surface area contributed by atoms with Crippen LogP contribution in [0.3, 0.4) is 0 Å². The monoisotopic (exact) mass is 402 g/mol. The van der Waals surface area contributed by atoms with E-state index < -0.39 is 0 Å². The fourth-order valence-corrected chi connectivity index (χ4v) is 5.18. The number of aryl methyl sites for hydroxylation is 1. The van der Waals surface area contributed by atoms with Gasteiger partial charge in [0, 0.05) is 11.8 Å². The Morgan fingerprint density at radius 3 is 2.34 bits per heavy atom. The predicted molar refractivity (Wildman–Crippen MR) is 117 cm³/mol. The zero-order valence-electron chi connectivity index (χ0n) is 16.3. The lowest BCUT2D eigenvalue weighted by Crippen LogP contribution is -2.26. The van der Waals surface area contributed by atoms with Gasteiger partial charge < -0.3 is 0 Å². The standard InChI is InChI=1S/C23H22N4OS/c1-15-21(25-20-13-7-6-12-19(20)24-15)14-29-23-26-18-11-5-4-10-17(18)22(28)27(23)16-8-2-3-9-16/h4-7,10-13,16H,2-3,8-9,14H2,1H3. The molecule has 2 heterocycles. The van der Waals surface area contributed by atoms with Crippen LogP contribution in [0.4, 0.5) is 0 Å². The number of rotatable bonds is 4. The van der Waals surface area contributed by atoms with Crippen LogP contribution in [0.5, 0.6) is 0 Å². The molecule has 5 nitrogen and oxygen atoms in total. The van der Waals surface area contributed by atoms with Gasteiger partial charge in [-0.1, -0.05) is 48.9 Å². The second-order valence-electron chi connectivity index (χ2n) is 7.56. The third kappa shape index (κ3) is 3.42. The number of hydrogen-bond donors (Lipinski definition) is 0. The first-order valence-electron chi connectivity index (χ1n) is 10.1. The number of thioether (sulfide) groups is 1. The minimum absolute atomic E-state index is 0.0753. The second-order valence-corrected chi connectivity index (χ2v) is 8.50. The van der Waals surface area contributed by atoms with Gasteiger partial charge in [0.1, 0.15) is 0 Å². The zero-order chi connectivity index (χ0) is 19.8. The first kappa shape index (κ1) is 18.3. The van der Waals surface area contributed by atoms with E-state index in [1.165, 1.54) is 12.8 Å². The van der Waals surface area contributed by atoms with Gasteiger partial charge in [-0.15, -0.1) is 0 Å². The molecule has 5 rings (SSSR count). The number of para-hydroxylation sites is 3. The van der Waals surface area contributed by atoms with E-state index in [1.54, 1.807) is 11.8 Å². The van der Waals surface area contributed by atoms with Gasteiger partial charge in [0.15, 0.2) is 5.16 Å². The molecular weight excluding hydrogens is 380 g/mol. The van der Waals surface area contributed by atoms with E-state index in [-0.39, 0.29) is 11.6 Å². The van der Waals surface area contributed by atoms with E-state index >= 15 is 0 Å². The lowest BCUT2D eigenvalue weighted by Gasteiger charge is -2.18. The highest BCUT2D eigenvalue weighted by atomic mass is 32.2. The highest BCUT2D eigenvalue weighted by molar-refractivity contribution is 7.98. The van der Waals surface area contributed by atoms with Crippen molar-refractivity contribution in [1.82, 2.24) is 19.5 Å². The number of nitrogens with zero attached hydrogens (tertiary/aromatic N) is 4. The van der Waals surface area contributed by atoms with Crippen LogP contribution in [-0.4, -0.2) is 19.5 Å². The van der Waals surface area contributed by atoms with Crippen LogP contribution < -0.4 is 5.56 Å². The minimum atomic E-state index is 0.0753. The maximum absolute atomic E-state index is 13.3. The van der Waals surface area contributed by atoms with Gasteiger partial charge >= 0.3 is 0 Å². The van der Waals surface area contributed by atoms with Crippen molar-refractivity contribution in [2.45, 2.75) is 49.6 Å². The first-order valence-corrected chi connectivity index (χ1v) is 11.1. The van der Waals surface area contributed by atoms with E-state index in [1.807, 2.05) is 60.0 Å². The van der Waals surface area contributed by atoms with Crippen molar-refractivity contribution < 1.29 is 0 Å². The molecule has 0 amide bonds. The third-order valence-electron chi connectivity index (χ3n) is 5.65. The summed E-state index contributed by atoms with van der Waals surface area (Å²) in [6, 6.07) is 15.8. The maximum Gasteiger partial charge on any atom is 0.262 e. The second kappa shape index (κ2) is 7.59. The van der Waals surface area contributed by atoms with Gasteiger partial charge in [-0.3, -0.25) is 9.36 Å². The average molecular weight is 403 g/mol. The Morgan fingerprint density at radius 2 is 1.59 bits per heavy atom. The lowest BCUT2D eigenvalue weighted by atomic mass is 10.2. The largest absolute Gasteiger partial charge is 0.284 e. The number of hydrogen-bond acceptors (Lipinski definition) is 5. The van der Waals surface area contributed by atoms with E-state index in [2.05, 4.69) is 0 Å². The fourth-order valence-electron chi connectivity index (χ4n) is 4.11. The molecule has 1 aliphatic rings. The van der Waals surface area contributed by atoms with E-state index in [0.717, 1.165) is 45.9 Å². The number of fused-ring (bicyclic) bond motifs is 2. The van der Waals surface area contributed by atoms with Crippen molar-refractivity contribution in [2.24, 2.45) is 0 Å². The third-order valence-corrected chi connectivity index (χ3v) is 6.61. The Labute approximate surface area is 173 Å². The van der Waals surface area contributed by atoms with Crippen LogP contribution in [0.2, 0.25) is 0 Å². The molecule has 1 aliphatic carbocycles. The van der Waals surface area contributed by atoms with Crippen LogP contribution in [0.1, 0.15) is 43.1 Å². The molecule has 1 saturated carbocycles. The molecule has 0 radical (unpaired) electrons. The van der Waals surface area contributed by atoms with Crippen LogP contribution in [-0.2, 0) is 5.75 Å². The molecule has 29 heavy (non-hydrogen) atoms. The summed E-state index contributed by atoms with van der Waals surface area (Å²) in [6.45, 7) is 1.99. The molecular formula is C23H22N4OS. The summed E-state index contributed by atoms with van der Waals surface area (Å²) in [6.07, 6.45) is 4.43. The summed E-state index contributed by atoms with van der Waals surface area (Å²) in [5.74, 6) is 0.640. The van der Waals surface area contributed by atoms with Crippen LogP contribution in [0.25, 0.3) is 21.9 Å². The van der Waals surface area contributed by atoms with Crippen molar-refractivity contribution in [3.63, 3.8) is 0 Å². The van der Waals surface area contributed by atoms with Gasteiger partial charge in [-0.05, 0) is 44.0 Å². The molecule has 2 aromatic carbocycles. The molecule has 0 atom stereocenters. The number of benzene rings is 2. The molecule has 0 unspecified atom stereocenters. The SMILES string of the molecule is Cc1nc2ccccc2nc1CSc1nc2ccccc2c(=O)n1C1CCCC1. The van der Waals surface area contributed by atoms with Crippen molar-refractivity contribution in [2.75, 3.05) is 0 Å². The summed E-state index contributed by atoms with van der Waals surface area (Å²) in [7, 11) is 0. The molecule has 146 valence electrons. The number of aromatic nitrogens is 4. The van der Waals surface area contributed by atoms with Crippen LogP contribution in [0.15, 0.2) is 58.5 Å². The van der Waals surface area contributed by atoms with E-state index in [4.69, 9.17) is 15.0 Å². The highest BCUT2D eigenvalue weighted by Crippen LogP contribution is 2.33. The van der Waals surface area contributed by atoms with Gasteiger partial charge in [0.2, 0.25) is 0 Å². The predicted octanol–water partition coefficient (Wildman–Crippen LogP) is 5.06. The normalized spacial score (nSPS) is 14.8. The summed E-state index contributed by atoms with van der Waals surface area (Å²) in [5.41, 5.74) is 4.50. The summed E-state index contributed by atoms with van der Waals surface area (Å²) in [4.78, 5) is 27.6. The van der Waals surface area contributed by atoms with Crippen molar-refractivity contribution in [3.05, 3.63) is 70.3 Å². The minimum Gasteiger partial charge on any atom is -0.284 e. The van der Waals surface area contributed by atoms with Gasteiger partial charge in [0.05, 0.1) is 33.3 Å². The maximum atomic E-state index is 13.3. The van der Waals surface area contributed by atoms with Gasteiger partial charge in [-0.25, -0.2) is 15.0 Å². The summed E-state index contributed by atoms with van der Waals surface area (Å²) >= 11 is 1.59. The molecule has 0 saturated heterocycles. The Kier molecular flexibility index (Phi) is 4.79. The van der Waals surface area contributed by atoms with Crippen molar-refractivity contribution >= 4 is 33.7 Å². The van der Waals surface area contributed by atoms with E-state index in [9.17, 15) is 4.79 Å². The Morgan fingerprint density at radius 1 is 0.931 bits per heavy atom. The zero-order valence-corrected chi connectivity index (χ0v) is 17.2. The summed E-state index contributed by atoms with van der Waals surface area (Å²) < 4.78 is 1.93. The summed E-state index contributed by atoms with van der Waals surface area (Å²) in [5, 5.41) is 1.49. The highest BCUT2D eigenvalue weighted by Gasteiger charge is 2.23. The van der Waals surface area contributed by atoms with Gasteiger partial charge in [-0.2, -0.15) is 0 Å². The first-order chi connectivity index (χ1) is 14.2. The van der Waals surface area contributed by atoms with Crippen LogP contribution in [0, 0.1) is 6.92 Å². The molecule has 4 aromatic rings. The fraction of sp³-hybridized carbons (Fsp3) is 0.304. The smallest absolute Gasteiger partial charge is 0.262 e. The molecule has 2 aromatic heterocycles. The molecule has 0 spiro atoms. The van der Waals surface area contributed by atoms with E-state index in [0.29, 0.717) is 11.1 Å². The van der Waals surface area contributed by atoms with Crippen molar-refractivity contribution in [3.8, 4) is 0 Å². The topological polar surface area (TPSA) is 60.7 Å². The Bertz CT molecular complexity index is 1260. The molecule has 6 heteroatoms. The van der Waals surface area contributed by atoms with Crippen molar-refractivity contribution in [1.29, 1.82) is 0 Å². The lowest BCUT2D eigenvalue weighted by molar-refractivity contribution is 0.457. The Balaban J connectivity index is 1.55. The molecule has 0 N–H and O–H groups in total. The van der Waals surface area contributed by atoms with Crippen LogP contribution >= 0.6 is 11.8 Å². The average Bonchev–Trinajstić information content (AvgIpc) is 3.26. The Hall–Kier alpha value is -2.73.